The molecule has 17 heavy (non-hydrogen) atoms. The van der Waals surface area contributed by atoms with Crippen molar-refractivity contribution in [2.24, 2.45) is 5.73 Å². The van der Waals surface area contributed by atoms with Crippen molar-refractivity contribution in [3.8, 4) is 0 Å². The van der Waals surface area contributed by atoms with Crippen LogP contribution in [-0.2, 0) is 0 Å². The third-order valence-electron chi connectivity index (χ3n) is 3.58. The molecule has 2 rings (SSSR count). The Balaban J connectivity index is 2.11. The molecule has 2 unspecified atom stereocenters. The third kappa shape index (κ3) is 2.79. The monoisotopic (exact) mass is 233 g/mol. The highest BCUT2D eigenvalue weighted by molar-refractivity contribution is 5.49. The lowest BCUT2D eigenvalue weighted by atomic mass is 10.1. The van der Waals surface area contributed by atoms with Gasteiger partial charge in [-0.05, 0) is 38.6 Å². The van der Waals surface area contributed by atoms with Gasteiger partial charge in [-0.1, -0.05) is 12.1 Å². The largest absolute Gasteiger partial charge is 0.366 e. The number of hydrogen-bond acceptors (Lipinski definition) is 3. The van der Waals surface area contributed by atoms with Crippen molar-refractivity contribution >= 4 is 5.69 Å². The van der Waals surface area contributed by atoms with Gasteiger partial charge in [-0.2, -0.15) is 0 Å². The molecule has 0 radical (unpaired) electrons. The number of rotatable bonds is 2. The van der Waals surface area contributed by atoms with E-state index in [1.165, 1.54) is 11.3 Å². The predicted octanol–water partition coefficient (Wildman–Crippen LogP) is 1.85. The van der Waals surface area contributed by atoms with Gasteiger partial charge in [0, 0.05) is 37.4 Å². The second kappa shape index (κ2) is 5.07. The van der Waals surface area contributed by atoms with Crippen LogP contribution in [0.5, 0.6) is 0 Å². The second-order valence-electron chi connectivity index (χ2n) is 5.18. The second-order valence-corrected chi connectivity index (χ2v) is 5.18. The quantitative estimate of drug-likeness (QED) is 0.846. The van der Waals surface area contributed by atoms with Crippen LogP contribution in [0.3, 0.4) is 0 Å². The van der Waals surface area contributed by atoms with E-state index in [0.29, 0.717) is 6.04 Å². The van der Waals surface area contributed by atoms with Crippen LogP contribution in [0.25, 0.3) is 0 Å². The highest BCUT2D eigenvalue weighted by Crippen LogP contribution is 2.22. The molecule has 0 spiro atoms. The zero-order valence-electron chi connectivity index (χ0n) is 11.1. The Morgan fingerprint density at radius 3 is 2.41 bits per heavy atom. The molecule has 2 N–H and O–H groups in total. The molecule has 1 aliphatic rings. The molecule has 0 saturated carbocycles. The van der Waals surface area contributed by atoms with Crippen LogP contribution >= 0.6 is 0 Å². The first-order chi connectivity index (χ1) is 8.08. The first-order valence-corrected chi connectivity index (χ1v) is 6.38. The fraction of sp³-hybridized carbons (Fsp3) is 0.571. The van der Waals surface area contributed by atoms with Crippen LogP contribution in [0.4, 0.5) is 5.69 Å². The standard InChI is InChI=1S/C14H23N3/c1-11-10-16(3)8-9-17(11)14-6-4-13(5-7-14)12(2)15/h4-7,11-12H,8-10,15H2,1-3H3. The number of nitrogens with zero attached hydrogens (tertiary/aromatic N) is 2. The molecule has 3 nitrogen and oxygen atoms in total. The zero-order valence-corrected chi connectivity index (χ0v) is 11.1. The van der Waals surface area contributed by atoms with E-state index in [1.807, 2.05) is 6.92 Å². The lowest BCUT2D eigenvalue weighted by Gasteiger charge is -2.39. The highest BCUT2D eigenvalue weighted by atomic mass is 15.3. The van der Waals surface area contributed by atoms with E-state index >= 15 is 0 Å². The molecule has 0 aromatic heterocycles. The number of nitrogens with two attached hydrogens (primary N) is 1. The predicted molar refractivity (Wildman–Crippen MR) is 73.3 cm³/mol. The van der Waals surface area contributed by atoms with Gasteiger partial charge >= 0.3 is 0 Å². The van der Waals surface area contributed by atoms with E-state index in [0.717, 1.165) is 19.6 Å². The molecule has 1 aliphatic heterocycles. The fourth-order valence-electron chi connectivity index (χ4n) is 2.49. The van der Waals surface area contributed by atoms with E-state index in [1.54, 1.807) is 0 Å². The van der Waals surface area contributed by atoms with Crippen molar-refractivity contribution in [2.75, 3.05) is 31.6 Å². The molecule has 1 fully saturated rings. The molecule has 1 aromatic carbocycles. The number of likely N-dealkylation sites (N-methyl/N-ethyl adjacent to an activating group) is 1. The van der Waals surface area contributed by atoms with Gasteiger partial charge in [-0.3, -0.25) is 0 Å². The van der Waals surface area contributed by atoms with Crippen LogP contribution < -0.4 is 10.6 Å². The summed E-state index contributed by atoms with van der Waals surface area (Å²) in [6.45, 7) is 7.69. The van der Waals surface area contributed by atoms with Crippen molar-refractivity contribution in [1.29, 1.82) is 0 Å². The Labute approximate surface area is 104 Å². The Morgan fingerprint density at radius 2 is 1.88 bits per heavy atom. The minimum atomic E-state index is 0.119. The van der Waals surface area contributed by atoms with Crippen molar-refractivity contribution < 1.29 is 0 Å². The average Bonchev–Trinajstić information content (AvgIpc) is 2.29. The topological polar surface area (TPSA) is 32.5 Å². The van der Waals surface area contributed by atoms with Gasteiger partial charge in [0.05, 0.1) is 0 Å². The summed E-state index contributed by atoms with van der Waals surface area (Å²) in [7, 11) is 2.19. The maximum absolute atomic E-state index is 5.87. The Morgan fingerprint density at radius 1 is 1.24 bits per heavy atom. The fourth-order valence-corrected chi connectivity index (χ4v) is 2.49. The van der Waals surface area contributed by atoms with Crippen molar-refractivity contribution in [3.05, 3.63) is 29.8 Å². The zero-order chi connectivity index (χ0) is 12.4. The molecular formula is C14H23N3. The normalized spacial score (nSPS) is 23.8. The molecule has 94 valence electrons. The number of anilines is 1. The summed E-state index contributed by atoms with van der Waals surface area (Å²) in [6, 6.07) is 9.38. The molecule has 0 bridgehead atoms. The van der Waals surface area contributed by atoms with Crippen LogP contribution in [0, 0.1) is 0 Å². The molecule has 3 heteroatoms. The Kier molecular flexibility index (Phi) is 3.69. The van der Waals surface area contributed by atoms with Crippen LogP contribution in [0.1, 0.15) is 25.5 Å². The molecular weight excluding hydrogens is 210 g/mol. The van der Waals surface area contributed by atoms with Gasteiger partial charge in [-0.15, -0.1) is 0 Å². The van der Waals surface area contributed by atoms with Gasteiger partial charge in [0.25, 0.3) is 0 Å². The van der Waals surface area contributed by atoms with Crippen molar-refractivity contribution in [2.45, 2.75) is 25.9 Å². The summed E-state index contributed by atoms with van der Waals surface area (Å²) < 4.78 is 0. The van der Waals surface area contributed by atoms with E-state index < -0.39 is 0 Å². The van der Waals surface area contributed by atoms with Crippen LogP contribution in [-0.4, -0.2) is 37.6 Å². The summed E-state index contributed by atoms with van der Waals surface area (Å²) >= 11 is 0. The van der Waals surface area contributed by atoms with Crippen LogP contribution in [0.15, 0.2) is 24.3 Å². The Hall–Kier alpha value is -1.06. The average molecular weight is 233 g/mol. The minimum Gasteiger partial charge on any atom is -0.366 e. The molecule has 1 saturated heterocycles. The van der Waals surface area contributed by atoms with Crippen LogP contribution in [0.2, 0.25) is 0 Å². The Bertz CT molecular complexity index is 358. The molecule has 2 atom stereocenters. The molecule has 0 aliphatic carbocycles. The van der Waals surface area contributed by atoms with E-state index in [2.05, 4.69) is 48.0 Å². The maximum Gasteiger partial charge on any atom is 0.0389 e. The molecule has 1 heterocycles. The van der Waals surface area contributed by atoms with E-state index in [-0.39, 0.29) is 6.04 Å². The number of piperazine rings is 1. The summed E-state index contributed by atoms with van der Waals surface area (Å²) in [5, 5.41) is 0. The first-order valence-electron chi connectivity index (χ1n) is 6.38. The van der Waals surface area contributed by atoms with Gasteiger partial charge in [0.1, 0.15) is 0 Å². The summed E-state index contributed by atoms with van der Waals surface area (Å²) in [5.41, 5.74) is 8.39. The van der Waals surface area contributed by atoms with Gasteiger partial charge in [0.15, 0.2) is 0 Å². The summed E-state index contributed by atoms with van der Waals surface area (Å²) in [6.07, 6.45) is 0. The lowest BCUT2D eigenvalue weighted by Crippen LogP contribution is -2.50. The molecule has 1 aromatic rings. The maximum atomic E-state index is 5.87. The van der Waals surface area contributed by atoms with Crippen molar-refractivity contribution in [3.63, 3.8) is 0 Å². The van der Waals surface area contributed by atoms with Gasteiger partial charge in [0.2, 0.25) is 0 Å². The van der Waals surface area contributed by atoms with Gasteiger partial charge < -0.3 is 15.5 Å². The van der Waals surface area contributed by atoms with Gasteiger partial charge in [-0.25, -0.2) is 0 Å². The van der Waals surface area contributed by atoms with E-state index in [4.69, 9.17) is 5.73 Å². The summed E-state index contributed by atoms with van der Waals surface area (Å²) in [4.78, 5) is 4.86. The van der Waals surface area contributed by atoms with Crippen molar-refractivity contribution in [1.82, 2.24) is 4.90 Å². The van der Waals surface area contributed by atoms with E-state index in [9.17, 15) is 0 Å². The SMILES string of the molecule is CC(N)c1ccc(N2CCN(C)CC2C)cc1. The smallest absolute Gasteiger partial charge is 0.0389 e. The lowest BCUT2D eigenvalue weighted by molar-refractivity contribution is 0.275. The number of hydrogen-bond donors (Lipinski definition) is 1. The highest BCUT2D eigenvalue weighted by Gasteiger charge is 2.21. The molecule has 0 amide bonds. The minimum absolute atomic E-state index is 0.119. The number of benzene rings is 1. The summed E-state index contributed by atoms with van der Waals surface area (Å²) in [5.74, 6) is 0. The third-order valence-corrected chi connectivity index (χ3v) is 3.58. The first kappa shape index (κ1) is 12.4.